The van der Waals surface area contributed by atoms with E-state index in [0.717, 1.165) is 23.4 Å². The highest BCUT2D eigenvalue weighted by atomic mass is 32.2. The van der Waals surface area contributed by atoms with E-state index in [4.69, 9.17) is 0 Å². The SMILES string of the molecule is CCc1ccc(S(=O)(=O)NCCCn2nc(C)cc2C)cc1. The van der Waals surface area contributed by atoms with Gasteiger partial charge in [-0.05, 0) is 50.5 Å². The summed E-state index contributed by atoms with van der Waals surface area (Å²) < 4.78 is 28.9. The second-order valence-corrected chi connectivity index (χ2v) is 7.17. The van der Waals surface area contributed by atoms with Gasteiger partial charge in [-0.25, -0.2) is 13.1 Å². The maximum Gasteiger partial charge on any atom is 0.240 e. The van der Waals surface area contributed by atoms with Crippen LogP contribution in [-0.2, 0) is 23.0 Å². The molecule has 0 fully saturated rings. The van der Waals surface area contributed by atoms with Crippen molar-refractivity contribution in [2.45, 2.75) is 45.1 Å². The summed E-state index contributed by atoms with van der Waals surface area (Å²) in [4.78, 5) is 0.316. The molecule has 0 aliphatic carbocycles. The van der Waals surface area contributed by atoms with Crippen molar-refractivity contribution in [3.8, 4) is 0 Å². The van der Waals surface area contributed by atoms with Gasteiger partial charge < -0.3 is 0 Å². The molecule has 1 heterocycles. The quantitative estimate of drug-likeness (QED) is 0.797. The van der Waals surface area contributed by atoms with Gasteiger partial charge in [-0.2, -0.15) is 5.10 Å². The third-order valence-corrected chi connectivity index (χ3v) is 5.06. The Bertz CT molecular complexity index is 718. The van der Waals surface area contributed by atoms with Crippen LogP contribution in [-0.4, -0.2) is 24.7 Å². The van der Waals surface area contributed by atoms with Crippen molar-refractivity contribution in [2.75, 3.05) is 6.54 Å². The molecule has 6 heteroatoms. The maximum atomic E-state index is 12.2. The molecule has 22 heavy (non-hydrogen) atoms. The van der Waals surface area contributed by atoms with Crippen molar-refractivity contribution in [2.24, 2.45) is 0 Å². The van der Waals surface area contributed by atoms with Gasteiger partial charge in [0.25, 0.3) is 0 Å². The summed E-state index contributed by atoms with van der Waals surface area (Å²) in [5.74, 6) is 0. The first-order valence-corrected chi connectivity index (χ1v) is 9.00. The lowest BCUT2D eigenvalue weighted by atomic mass is 10.2. The number of aryl methyl sites for hydroxylation is 4. The molecule has 0 aliphatic rings. The van der Waals surface area contributed by atoms with Crippen molar-refractivity contribution in [1.82, 2.24) is 14.5 Å². The van der Waals surface area contributed by atoms with Crippen LogP contribution >= 0.6 is 0 Å². The predicted molar refractivity (Wildman–Crippen MR) is 87.3 cm³/mol. The van der Waals surface area contributed by atoms with E-state index in [0.29, 0.717) is 24.4 Å². The molecule has 0 spiro atoms. The number of nitrogens with zero attached hydrogens (tertiary/aromatic N) is 2. The minimum Gasteiger partial charge on any atom is -0.270 e. The Morgan fingerprint density at radius 1 is 1.18 bits per heavy atom. The fourth-order valence-corrected chi connectivity index (χ4v) is 3.40. The first-order valence-electron chi connectivity index (χ1n) is 7.52. The van der Waals surface area contributed by atoms with Gasteiger partial charge in [0, 0.05) is 18.8 Å². The number of aromatic nitrogens is 2. The third kappa shape index (κ3) is 4.18. The van der Waals surface area contributed by atoms with Crippen LogP contribution in [0.2, 0.25) is 0 Å². The predicted octanol–water partition coefficient (Wildman–Crippen LogP) is 2.43. The number of hydrogen-bond acceptors (Lipinski definition) is 3. The van der Waals surface area contributed by atoms with E-state index in [9.17, 15) is 8.42 Å². The second-order valence-electron chi connectivity index (χ2n) is 5.40. The van der Waals surface area contributed by atoms with Gasteiger partial charge in [0.15, 0.2) is 0 Å². The topological polar surface area (TPSA) is 64.0 Å². The Morgan fingerprint density at radius 3 is 2.41 bits per heavy atom. The Balaban J connectivity index is 1.88. The molecule has 2 rings (SSSR count). The molecule has 0 amide bonds. The van der Waals surface area contributed by atoms with Crippen molar-refractivity contribution < 1.29 is 8.42 Å². The molecule has 0 atom stereocenters. The Morgan fingerprint density at radius 2 is 1.86 bits per heavy atom. The fourth-order valence-electron chi connectivity index (χ4n) is 2.32. The van der Waals surface area contributed by atoms with Crippen molar-refractivity contribution in [3.05, 3.63) is 47.3 Å². The average molecular weight is 321 g/mol. The third-order valence-electron chi connectivity index (χ3n) is 3.58. The van der Waals surface area contributed by atoms with Crippen LogP contribution in [0.15, 0.2) is 35.2 Å². The summed E-state index contributed by atoms with van der Waals surface area (Å²) in [6.45, 7) is 7.10. The normalized spacial score (nSPS) is 11.8. The van der Waals surface area contributed by atoms with Crippen LogP contribution < -0.4 is 4.72 Å². The molecule has 0 unspecified atom stereocenters. The molecule has 120 valence electrons. The first kappa shape index (κ1) is 16.7. The number of benzene rings is 1. The van der Waals surface area contributed by atoms with E-state index in [2.05, 4.69) is 9.82 Å². The van der Waals surface area contributed by atoms with Gasteiger partial charge in [0.05, 0.1) is 10.6 Å². The van der Waals surface area contributed by atoms with Crippen molar-refractivity contribution >= 4 is 10.0 Å². The Labute approximate surface area is 132 Å². The van der Waals surface area contributed by atoms with Gasteiger partial charge in [0.2, 0.25) is 10.0 Å². The number of sulfonamides is 1. The summed E-state index contributed by atoms with van der Waals surface area (Å²) >= 11 is 0. The fraction of sp³-hybridized carbons (Fsp3) is 0.438. The lowest BCUT2D eigenvalue weighted by molar-refractivity contribution is 0.544. The minimum absolute atomic E-state index is 0.316. The van der Waals surface area contributed by atoms with E-state index in [1.165, 1.54) is 0 Å². The van der Waals surface area contributed by atoms with Gasteiger partial charge in [-0.15, -0.1) is 0 Å². The summed E-state index contributed by atoms with van der Waals surface area (Å²) in [5.41, 5.74) is 3.20. The highest BCUT2D eigenvalue weighted by Crippen LogP contribution is 2.11. The zero-order valence-corrected chi connectivity index (χ0v) is 14.2. The van der Waals surface area contributed by atoms with Crippen LogP contribution in [0.4, 0.5) is 0 Å². The summed E-state index contributed by atoms with van der Waals surface area (Å²) in [7, 11) is -3.42. The van der Waals surface area contributed by atoms with Crippen molar-refractivity contribution in [3.63, 3.8) is 0 Å². The van der Waals surface area contributed by atoms with E-state index < -0.39 is 10.0 Å². The number of nitrogens with one attached hydrogen (secondary N) is 1. The zero-order valence-electron chi connectivity index (χ0n) is 13.3. The molecule has 5 nitrogen and oxygen atoms in total. The summed E-state index contributed by atoms with van der Waals surface area (Å²) in [5, 5.41) is 4.36. The zero-order chi connectivity index (χ0) is 16.2. The largest absolute Gasteiger partial charge is 0.270 e. The second kappa shape index (κ2) is 7.07. The van der Waals surface area contributed by atoms with Gasteiger partial charge >= 0.3 is 0 Å². The number of hydrogen-bond donors (Lipinski definition) is 1. The van der Waals surface area contributed by atoms with E-state index >= 15 is 0 Å². The molecular weight excluding hydrogens is 298 g/mol. The van der Waals surface area contributed by atoms with Gasteiger partial charge in [-0.3, -0.25) is 4.68 Å². The van der Waals surface area contributed by atoms with Crippen LogP contribution in [0.1, 0.15) is 30.3 Å². The standard InChI is InChI=1S/C16H23N3O2S/c1-4-15-6-8-16(9-7-15)22(20,21)17-10-5-11-19-14(3)12-13(2)18-19/h6-9,12,17H,4-5,10-11H2,1-3H3. The first-order chi connectivity index (χ1) is 10.4. The smallest absolute Gasteiger partial charge is 0.240 e. The highest BCUT2D eigenvalue weighted by Gasteiger charge is 2.12. The minimum atomic E-state index is -3.42. The van der Waals surface area contributed by atoms with Crippen LogP contribution in [0.3, 0.4) is 0 Å². The van der Waals surface area contributed by atoms with Crippen LogP contribution in [0.25, 0.3) is 0 Å². The lowest BCUT2D eigenvalue weighted by Gasteiger charge is -2.08. The summed E-state index contributed by atoms with van der Waals surface area (Å²) in [6.07, 6.45) is 1.60. The monoisotopic (exact) mass is 321 g/mol. The summed E-state index contributed by atoms with van der Waals surface area (Å²) in [6, 6.07) is 9.03. The average Bonchev–Trinajstić information content (AvgIpc) is 2.81. The van der Waals surface area contributed by atoms with Crippen LogP contribution in [0.5, 0.6) is 0 Å². The molecule has 1 aromatic heterocycles. The van der Waals surface area contributed by atoms with E-state index in [-0.39, 0.29) is 0 Å². The highest BCUT2D eigenvalue weighted by molar-refractivity contribution is 7.89. The van der Waals surface area contributed by atoms with E-state index in [1.54, 1.807) is 12.1 Å². The molecule has 0 saturated heterocycles. The molecule has 0 bridgehead atoms. The van der Waals surface area contributed by atoms with Gasteiger partial charge in [0.1, 0.15) is 0 Å². The Hall–Kier alpha value is -1.66. The molecule has 0 aliphatic heterocycles. The maximum absolute atomic E-state index is 12.2. The van der Waals surface area contributed by atoms with Gasteiger partial charge in [-0.1, -0.05) is 19.1 Å². The molecule has 0 saturated carbocycles. The Kier molecular flexibility index (Phi) is 5.37. The van der Waals surface area contributed by atoms with E-state index in [1.807, 2.05) is 43.7 Å². The molecule has 2 aromatic rings. The number of rotatable bonds is 7. The van der Waals surface area contributed by atoms with Crippen molar-refractivity contribution in [1.29, 1.82) is 0 Å². The molecule has 1 N–H and O–H groups in total. The molecule has 0 radical (unpaired) electrons. The van der Waals surface area contributed by atoms with Crippen LogP contribution in [0, 0.1) is 13.8 Å². The molecule has 1 aromatic carbocycles. The molecular formula is C16H23N3O2S. The lowest BCUT2D eigenvalue weighted by Crippen LogP contribution is -2.25.